The summed E-state index contributed by atoms with van der Waals surface area (Å²) in [5.74, 6) is 0. The summed E-state index contributed by atoms with van der Waals surface area (Å²) < 4.78 is 5.51. The molecule has 1 radical (unpaired) electrons. The van der Waals surface area contributed by atoms with Gasteiger partial charge in [-0.3, -0.25) is 0 Å². The fourth-order valence-corrected chi connectivity index (χ4v) is 1.14. The van der Waals surface area contributed by atoms with Crippen molar-refractivity contribution in [2.45, 2.75) is 71.8 Å². The van der Waals surface area contributed by atoms with Crippen molar-refractivity contribution in [1.82, 2.24) is 0 Å². The van der Waals surface area contributed by atoms with Crippen LogP contribution >= 0.6 is 0 Å². The second-order valence-electron chi connectivity index (χ2n) is 4.60. The topological polar surface area (TPSA) is 9.23 Å². The fraction of sp³-hybridized carbons (Fsp3) is 0.917. The Morgan fingerprint density at radius 3 is 2.15 bits per heavy atom. The van der Waals surface area contributed by atoms with Crippen molar-refractivity contribution in [3.8, 4) is 0 Å². The zero-order valence-electron chi connectivity index (χ0n) is 9.73. The zero-order chi connectivity index (χ0) is 10.2. The molecule has 0 rings (SSSR count). The molecule has 0 aromatic heterocycles. The molecule has 13 heavy (non-hydrogen) atoms. The molecule has 1 nitrogen and oxygen atoms in total. The van der Waals surface area contributed by atoms with Crippen LogP contribution < -0.4 is 0 Å². The predicted molar refractivity (Wildman–Crippen MR) is 58.5 cm³/mol. The minimum Gasteiger partial charge on any atom is -0.370 e. The Bertz CT molecular complexity index is 102. The van der Waals surface area contributed by atoms with Crippen LogP contribution in [-0.2, 0) is 4.74 Å². The molecule has 0 saturated heterocycles. The van der Waals surface area contributed by atoms with E-state index in [0.717, 1.165) is 6.42 Å². The Kier molecular flexibility index (Phi) is 7.35. The van der Waals surface area contributed by atoms with Gasteiger partial charge in [0.2, 0.25) is 0 Å². The molecule has 0 aliphatic heterocycles. The van der Waals surface area contributed by atoms with E-state index < -0.39 is 0 Å². The van der Waals surface area contributed by atoms with Crippen LogP contribution in [0.15, 0.2) is 0 Å². The minimum absolute atomic E-state index is 0.0105. The van der Waals surface area contributed by atoms with Crippen LogP contribution in [0.25, 0.3) is 0 Å². The molecular formula is C12H25O. The van der Waals surface area contributed by atoms with Gasteiger partial charge in [0.15, 0.2) is 0 Å². The molecule has 0 aliphatic rings. The van der Waals surface area contributed by atoms with Crippen LogP contribution in [0.2, 0.25) is 0 Å². The molecule has 0 N–H and O–H groups in total. The van der Waals surface area contributed by atoms with Crippen LogP contribution in [0.4, 0.5) is 0 Å². The molecule has 0 aliphatic carbocycles. The molecular weight excluding hydrogens is 160 g/mol. The lowest BCUT2D eigenvalue weighted by Crippen LogP contribution is -2.17. The largest absolute Gasteiger partial charge is 0.370 e. The van der Waals surface area contributed by atoms with Crippen LogP contribution in [-0.4, -0.2) is 5.60 Å². The number of rotatable bonds is 7. The first-order valence-corrected chi connectivity index (χ1v) is 5.56. The highest BCUT2D eigenvalue weighted by molar-refractivity contribution is 4.63. The third-order valence-electron chi connectivity index (χ3n) is 1.86. The Labute approximate surface area is 83.9 Å². The van der Waals surface area contributed by atoms with Gasteiger partial charge in [0, 0.05) is 0 Å². The molecule has 0 saturated carbocycles. The van der Waals surface area contributed by atoms with Crippen LogP contribution in [0.5, 0.6) is 0 Å². The van der Waals surface area contributed by atoms with Gasteiger partial charge < -0.3 is 4.74 Å². The van der Waals surface area contributed by atoms with Crippen molar-refractivity contribution in [1.29, 1.82) is 0 Å². The van der Waals surface area contributed by atoms with E-state index in [0.29, 0.717) is 0 Å². The van der Waals surface area contributed by atoms with Gasteiger partial charge in [-0.15, -0.1) is 0 Å². The van der Waals surface area contributed by atoms with E-state index in [1.807, 2.05) is 6.61 Å². The molecule has 0 heterocycles. The molecule has 0 bridgehead atoms. The minimum atomic E-state index is -0.0105. The van der Waals surface area contributed by atoms with E-state index in [2.05, 4.69) is 27.7 Å². The van der Waals surface area contributed by atoms with Crippen molar-refractivity contribution >= 4 is 0 Å². The molecule has 0 fully saturated rings. The molecule has 79 valence electrons. The number of unbranched alkanes of at least 4 members (excludes halogenated alkanes) is 5. The lowest BCUT2D eigenvalue weighted by Gasteiger charge is -2.18. The van der Waals surface area contributed by atoms with Crippen LogP contribution in [0.1, 0.15) is 66.2 Å². The van der Waals surface area contributed by atoms with E-state index in [-0.39, 0.29) is 5.60 Å². The van der Waals surface area contributed by atoms with Crippen LogP contribution in [0, 0.1) is 6.61 Å². The lowest BCUT2D eigenvalue weighted by molar-refractivity contribution is 0.0383. The summed E-state index contributed by atoms with van der Waals surface area (Å²) in [6.45, 7) is 10.5. The fourth-order valence-electron chi connectivity index (χ4n) is 1.14. The summed E-state index contributed by atoms with van der Waals surface area (Å²) in [4.78, 5) is 0. The third-order valence-corrected chi connectivity index (χ3v) is 1.86. The highest BCUT2D eigenvalue weighted by Gasteiger charge is 2.08. The number of hydrogen-bond acceptors (Lipinski definition) is 1. The first kappa shape index (κ1) is 13.0. The van der Waals surface area contributed by atoms with Crippen molar-refractivity contribution in [2.24, 2.45) is 0 Å². The zero-order valence-corrected chi connectivity index (χ0v) is 9.73. The Morgan fingerprint density at radius 2 is 1.62 bits per heavy atom. The summed E-state index contributed by atoms with van der Waals surface area (Å²) >= 11 is 0. The average Bonchev–Trinajstić information content (AvgIpc) is 2.01. The first-order valence-electron chi connectivity index (χ1n) is 5.56. The maximum Gasteiger partial charge on any atom is 0.0844 e. The molecule has 0 unspecified atom stereocenters. The summed E-state index contributed by atoms with van der Waals surface area (Å²) in [6, 6.07) is 0. The third kappa shape index (κ3) is 12.0. The Balaban J connectivity index is 3.00. The first-order chi connectivity index (χ1) is 6.06. The van der Waals surface area contributed by atoms with E-state index in [1.165, 1.54) is 32.1 Å². The van der Waals surface area contributed by atoms with Gasteiger partial charge in [0.1, 0.15) is 0 Å². The quantitative estimate of drug-likeness (QED) is 0.537. The normalized spacial score (nSPS) is 12.0. The second kappa shape index (κ2) is 7.37. The van der Waals surface area contributed by atoms with Gasteiger partial charge in [0.25, 0.3) is 0 Å². The maximum absolute atomic E-state index is 5.51. The van der Waals surface area contributed by atoms with Gasteiger partial charge in [-0.25, -0.2) is 0 Å². The number of ether oxygens (including phenoxy) is 1. The van der Waals surface area contributed by atoms with Crippen molar-refractivity contribution in [3.05, 3.63) is 6.61 Å². The van der Waals surface area contributed by atoms with Crippen molar-refractivity contribution < 1.29 is 4.74 Å². The average molecular weight is 185 g/mol. The SMILES string of the molecule is CCCCCCC[CH]OC(C)(C)C. The maximum atomic E-state index is 5.51. The second-order valence-corrected chi connectivity index (χ2v) is 4.60. The lowest BCUT2D eigenvalue weighted by atomic mass is 10.1. The monoisotopic (exact) mass is 185 g/mol. The van der Waals surface area contributed by atoms with E-state index >= 15 is 0 Å². The highest BCUT2D eigenvalue weighted by atomic mass is 16.5. The molecule has 0 aromatic rings. The Hall–Kier alpha value is -0.0400. The van der Waals surface area contributed by atoms with E-state index in [4.69, 9.17) is 4.74 Å². The summed E-state index contributed by atoms with van der Waals surface area (Å²) in [7, 11) is 0. The smallest absolute Gasteiger partial charge is 0.0844 e. The number of hydrogen-bond donors (Lipinski definition) is 0. The summed E-state index contributed by atoms with van der Waals surface area (Å²) in [5, 5.41) is 0. The molecule has 0 amide bonds. The van der Waals surface area contributed by atoms with Crippen molar-refractivity contribution in [3.63, 3.8) is 0 Å². The van der Waals surface area contributed by atoms with E-state index in [9.17, 15) is 0 Å². The van der Waals surface area contributed by atoms with Crippen LogP contribution in [0.3, 0.4) is 0 Å². The van der Waals surface area contributed by atoms with Gasteiger partial charge in [-0.2, -0.15) is 0 Å². The van der Waals surface area contributed by atoms with E-state index in [1.54, 1.807) is 0 Å². The standard InChI is InChI=1S/C12H25O/c1-5-6-7-8-9-10-11-13-12(2,3)4/h11H,5-10H2,1-4H3. The summed E-state index contributed by atoms with van der Waals surface area (Å²) in [6.07, 6.45) is 7.79. The highest BCUT2D eigenvalue weighted by Crippen LogP contribution is 2.12. The van der Waals surface area contributed by atoms with Crippen molar-refractivity contribution in [2.75, 3.05) is 0 Å². The van der Waals surface area contributed by atoms with Gasteiger partial charge in [0.05, 0.1) is 12.2 Å². The molecule has 1 heteroatoms. The predicted octanol–water partition coefficient (Wildman–Crippen LogP) is 4.32. The molecule has 0 aromatic carbocycles. The van der Waals surface area contributed by atoms with Gasteiger partial charge >= 0.3 is 0 Å². The molecule has 0 atom stereocenters. The molecule has 0 spiro atoms. The summed E-state index contributed by atoms with van der Waals surface area (Å²) in [5.41, 5.74) is -0.0105. The Morgan fingerprint density at radius 1 is 1.00 bits per heavy atom. The van der Waals surface area contributed by atoms with Gasteiger partial charge in [-0.1, -0.05) is 39.0 Å². The van der Waals surface area contributed by atoms with Gasteiger partial charge in [-0.05, 0) is 27.2 Å².